The van der Waals surface area contributed by atoms with Gasteiger partial charge in [-0.3, -0.25) is 4.79 Å². The first-order chi connectivity index (χ1) is 6.99. The summed E-state index contributed by atoms with van der Waals surface area (Å²) in [4.78, 5) is 22.9. The molecule has 15 heavy (non-hydrogen) atoms. The van der Waals surface area contributed by atoms with E-state index in [9.17, 15) is 9.59 Å². The van der Waals surface area contributed by atoms with E-state index in [0.717, 1.165) is 4.68 Å². The van der Waals surface area contributed by atoms with E-state index in [4.69, 9.17) is 10.6 Å². The zero-order valence-corrected chi connectivity index (χ0v) is 10.00. The van der Waals surface area contributed by atoms with Crippen LogP contribution < -0.4 is 11.4 Å². The van der Waals surface area contributed by atoms with Crippen LogP contribution in [0.5, 0.6) is 0 Å². The third kappa shape index (κ3) is 2.20. The number of nitrogens with two attached hydrogens (primary N) is 1. The van der Waals surface area contributed by atoms with E-state index in [1.54, 1.807) is 13.8 Å². The predicted molar refractivity (Wildman–Crippen MR) is 59.2 cm³/mol. The molecule has 0 atom stereocenters. The molecule has 0 radical (unpaired) electrons. The lowest BCUT2D eigenvalue weighted by atomic mass is 10.2. The zero-order valence-electron chi connectivity index (χ0n) is 8.41. The standard InChI is InChI=1S/C9H11BrN2O3/c1-3-15-9(14)7-5(2)4-6(10)8(13)12(7)11/h4H,3,11H2,1-2H3. The largest absolute Gasteiger partial charge is 0.461 e. The van der Waals surface area contributed by atoms with Crippen LogP contribution in [-0.4, -0.2) is 17.3 Å². The molecule has 0 bridgehead atoms. The molecule has 0 saturated carbocycles. The Kier molecular flexibility index (Phi) is 3.52. The molecule has 1 rings (SSSR count). The second-order valence-corrected chi connectivity index (χ2v) is 3.77. The number of ether oxygens (including phenoxy) is 1. The van der Waals surface area contributed by atoms with Crippen LogP contribution in [0.15, 0.2) is 15.3 Å². The third-order valence-corrected chi connectivity index (χ3v) is 2.42. The Morgan fingerprint density at radius 2 is 2.27 bits per heavy atom. The van der Waals surface area contributed by atoms with Crippen molar-refractivity contribution in [2.24, 2.45) is 0 Å². The topological polar surface area (TPSA) is 74.3 Å². The van der Waals surface area contributed by atoms with Crippen LogP contribution in [0.1, 0.15) is 23.0 Å². The predicted octanol–water partition coefficient (Wildman–Crippen LogP) is 0.810. The Morgan fingerprint density at radius 1 is 1.67 bits per heavy atom. The van der Waals surface area contributed by atoms with Gasteiger partial charge in [0.25, 0.3) is 5.56 Å². The number of halogens is 1. The summed E-state index contributed by atoms with van der Waals surface area (Å²) in [6.07, 6.45) is 0. The van der Waals surface area contributed by atoms with E-state index in [1.165, 1.54) is 6.07 Å². The van der Waals surface area contributed by atoms with Crippen molar-refractivity contribution in [1.29, 1.82) is 0 Å². The summed E-state index contributed by atoms with van der Waals surface area (Å²) in [5.74, 6) is 4.89. The van der Waals surface area contributed by atoms with E-state index in [0.29, 0.717) is 10.0 Å². The SMILES string of the molecule is CCOC(=O)c1c(C)cc(Br)c(=O)n1N. The van der Waals surface area contributed by atoms with Gasteiger partial charge in [0.2, 0.25) is 0 Å². The van der Waals surface area contributed by atoms with Gasteiger partial charge in [0, 0.05) is 0 Å². The first-order valence-electron chi connectivity index (χ1n) is 4.33. The molecule has 0 spiro atoms. The number of rotatable bonds is 2. The van der Waals surface area contributed by atoms with Crippen LogP contribution >= 0.6 is 15.9 Å². The molecule has 2 N–H and O–H groups in total. The molecule has 1 aromatic heterocycles. The summed E-state index contributed by atoms with van der Waals surface area (Å²) in [6.45, 7) is 3.60. The van der Waals surface area contributed by atoms with Gasteiger partial charge in [-0.2, -0.15) is 0 Å². The molecule has 0 unspecified atom stereocenters. The lowest BCUT2D eigenvalue weighted by molar-refractivity contribution is 0.0513. The average Bonchev–Trinajstić information content (AvgIpc) is 2.15. The second kappa shape index (κ2) is 4.48. The number of aromatic nitrogens is 1. The van der Waals surface area contributed by atoms with Crippen molar-refractivity contribution in [3.05, 3.63) is 32.2 Å². The van der Waals surface area contributed by atoms with Crippen molar-refractivity contribution in [3.63, 3.8) is 0 Å². The fraction of sp³-hybridized carbons (Fsp3) is 0.333. The minimum Gasteiger partial charge on any atom is -0.461 e. The van der Waals surface area contributed by atoms with Gasteiger partial charge in [-0.25, -0.2) is 9.47 Å². The highest BCUT2D eigenvalue weighted by Gasteiger charge is 2.17. The van der Waals surface area contributed by atoms with Crippen LogP contribution in [0.25, 0.3) is 0 Å². The maximum atomic E-state index is 11.5. The number of carbonyl (C=O) groups excluding carboxylic acids is 1. The van der Waals surface area contributed by atoms with Crippen LogP contribution in [0.4, 0.5) is 0 Å². The van der Waals surface area contributed by atoms with E-state index >= 15 is 0 Å². The van der Waals surface area contributed by atoms with Crippen molar-refractivity contribution in [2.45, 2.75) is 13.8 Å². The van der Waals surface area contributed by atoms with Gasteiger partial charge in [0.05, 0.1) is 11.1 Å². The van der Waals surface area contributed by atoms with E-state index < -0.39 is 11.5 Å². The van der Waals surface area contributed by atoms with Gasteiger partial charge in [-0.05, 0) is 41.4 Å². The van der Waals surface area contributed by atoms with E-state index in [1.807, 2.05) is 0 Å². The Labute approximate surface area is 94.9 Å². The van der Waals surface area contributed by atoms with E-state index in [2.05, 4.69) is 15.9 Å². The molecule has 0 aromatic carbocycles. The van der Waals surface area contributed by atoms with Gasteiger partial charge >= 0.3 is 5.97 Å². The molecular weight excluding hydrogens is 264 g/mol. The van der Waals surface area contributed by atoms with Crippen molar-refractivity contribution < 1.29 is 9.53 Å². The highest BCUT2D eigenvalue weighted by atomic mass is 79.9. The molecule has 0 aliphatic rings. The summed E-state index contributed by atoms with van der Waals surface area (Å²) in [5.41, 5.74) is 0.191. The molecule has 0 aliphatic heterocycles. The minimum atomic E-state index is -0.595. The van der Waals surface area contributed by atoms with Gasteiger partial charge in [-0.15, -0.1) is 0 Å². The number of pyridine rings is 1. The smallest absolute Gasteiger partial charge is 0.357 e. The number of nitrogen functional groups attached to an aromatic ring is 1. The molecule has 1 aromatic rings. The van der Waals surface area contributed by atoms with Crippen LogP contribution in [0, 0.1) is 6.92 Å². The normalized spacial score (nSPS) is 10.1. The lowest BCUT2D eigenvalue weighted by Crippen LogP contribution is -2.34. The van der Waals surface area contributed by atoms with Crippen molar-refractivity contribution >= 4 is 21.9 Å². The number of hydrogen-bond acceptors (Lipinski definition) is 4. The van der Waals surface area contributed by atoms with Gasteiger partial charge in [-0.1, -0.05) is 0 Å². The highest BCUT2D eigenvalue weighted by Crippen LogP contribution is 2.11. The van der Waals surface area contributed by atoms with Gasteiger partial charge in [0.15, 0.2) is 5.69 Å². The molecule has 0 fully saturated rings. The molecular formula is C9H11BrN2O3. The fourth-order valence-electron chi connectivity index (χ4n) is 1.19. The number of nitrogens with zero attached hydrogens (tertiary/aromatic N) is 1. The summed E-state index contributed by atoms with van der Waals surface area (Å²) in [7, 11) is 0. The zero-order chi connectivity index (χ0) is 11.6. The summed E-state index contributed by atoms with van der Waals surface area (Å²) in [6, 6.07) is 1.54. The Balaban J connectivity index is 3.36. The van der Waals surface area contributed by atoms with Gasteiger partial charge < -0.3 is 10.6 Å². The summed E-state index contributed by atoms with van der Waals surface area (Å²) in [5, 5.41) is 0. The molecule has 0 saturated heterocycles. The fourth-order valence-corrected chi connectivity index (χ4v) is 1.72. The quantitative estimate of drug-likeness (QED) is 0.640. The number of esters is 1. The number of aryl methyl sites for hydroxylation is 1. The Hall–Kier alpha value is -1.30. The summed E-state index contributed by atoms with van der Waals surface area (Å²) >= 11 is 3.05. The van der Waals surface area contributed by atoms with Crippen molar-refractivity contribution in [2.75, 3.05) is 12.4 Å². The van der Waals surface area contributed by atoms with Crippen molar-refractivity contribution in [1.82, 2.24) is 4.68 Å². The maximum Gasteiger partial charge on any atom is 0.357 e. The number of hydrogen-bond donors (Lipinski definition) is 1. The summed E-state index contributed by atoms with van der Waals surface area (Å²) < 4.78 is 5.89. The average molecular weight is 275 g/mol. The molecule has 1 heterocycles. The first kappa shape index (κ1) is 11.8. The molecule has 6 heteroatoms. The first-order valence-corrected chi connectivity index (χ1v) is 5.12. The molecule has 82 valence electrons. The maximum absolute atomic E-state index is 11.5. The van der Waals surface area contributed by atoms with E-state index in [-0.39, 0.29) is 12.3 Å². The van der Waals surface area contributed by atoms with Crippen LogP contribution in [-0.2, 0) is 4.74 Å². The molecule has 0 amide bonds. The van der Waals surface area contributed by atoms with Gasteiger partial charge in [0.1, 0.15) is 0 Å². The molecule has 5 nitrogen and oxygen atoms in total. The second-order valence-electron chi connectivity index (χ2n) is 2.92. The highest BCUT2D eigenvalue weighted by molar-refractivity contribution is 9.10. The Bertz CT molecular complexity index is 453. The third-order valence-electron chi connectivity index (χ3n) is 1.85. The minimum absolute atomic E-state index is 0.0741. The Morgan fingerprint density at radius 3 is 2.80 bits per heavy atom. The number of carbonyl (C=O) groups is 1. The van der Waals surface area contributed by atoms with Crippen LogP contribution in [0.2, 0.25) is 0 Å². The lowest BCUT2D eigenvalue weighted by Gasteiger charge is -2.10. The molecule has 0 aliphatic carbocycles. The monoisotopic (exact) mass is 274 g/mol. The van der Waals surface area contributed by atoms with Crippen LogP contribution in [0.3, 0.4) is 0 Å². The van der Waals surface area contributed by atoms with Crippen molar-refractivity contribution in [3.8, 4) is 0 Å².